The smallest absolute Gasteiger partial charge is 0.0223 e. The molecule has 0 aliphatic carbocycles. The Balaban J connectivity index is 1.79. The highest BCUT2D eigenvalue weighted by atomic mass is 15.3. The van der Waals surface area contributed by atoms with Gasteiger partial charge in [0.15, 0.2) is 0 Å². The van der Waals surface area contributed by atoms with Gasteiger partial charge >= 0.3 is 0 Å². The molecule has 0 aromatic carbocycles. The Morgan fingerprint density at radius 1 is 1.24 bits per heavy atom. The van der Waals surface area contributed by atoms with Gasteiger partial charge in [-0.2, -0.15) is 0 Å². The molecule has 2 rings (SSSR count). The van der Waals surface area contributed by atoms with E-state index in [1.165, 1.54) is 51.7 Å². The third kappa shape index (κ3) is 3.21. The molecule has 2 aliphatic heterocycles. The van der Waals surface area contributed by atoms with Crippen LogP contribution in [-0.2, 0) is 0 Å². The van der Waals surface area contributed by atoms with Crippen LogP contribution < -0.4 is 5.73 Å². The first kappa shape index (κ1) is 13.3. The SMILES string of the molecule is CCC(CN)CCN1CCC2CCC(C1)N2C. The molecule has 3 unspecified atom stereocenters. The standard InChI is InChI=1S/C14H29N3/c1-3-12(10-15)6-8-17-9-7-13-4-5-14(11-17)16(13)2/h12-14H,3-11,15H2,1-2H3. The van der Waals surface area contributed by atoms with Gasteiger partial charge in [0.1, 0.15) is 0 Å². The molecule has 0 aromatic heterocycles. The molecule has 0 radical (unpaired) electrons. The summed E-state index contributed by atoms with van der Waals surface area (Å²) in [7, 11) is 2.32. The maximum atomic E-state index is 5.79. The Hall–Kier alpha value is -0.120. The average Bonchev–Trinajstić information content (AvgIpc) is 2.57. The number of nitrogens with two attached hydrogens (primary N) is 1. The molecule has 2 fully saturated rings. The fourth-order valence-electron chi connectivity index (χ4n) is 3.44. The van der Waals surface area contributed by atoms with Crippen LogP contribution in [0.25, 0.3) is 0 Å². The minimum Gasteiger partial charge on any atom is -0.330 e. The second-order valence-corrected chi connectivity index (χ2v) is 5.94. The van der Waals surface area contributed by atoms with E-state index in [9.17, 15) is 0 Å². The van der Waals surface area contributed by atoms with Gasteiger partial charge in [0, 0.05) is 18.6 Å². The Kier molecular flexibility index (Phi) is 4.83. The summed E-state index contributed by atoms with van der Waals surface area (Å²) in [6, 6.07) is 1.68. The summed E-state index contributed by atoms with van der Waals surface area (Å²) in [5.41, 5.74) is 5.79. The van der Waals surface area contributed by atoms with Crippen molar-refractivity contribution in [1.82, 2.24) is 9.80 Å². The molecule has 0 spiro atoms. The fourth-order valence-corrected chi connectivity index (χ4v) is 3.44. The third-order valence-corrected chi connectivity index (χ3v) is 5.00. The summed E-state index contributed by atoms with van der Waals surface area (Å²) in [5.74, 6) is 0.730. The van der Waals surface area contributed by atoms with Crippen molar-refractivity contribution in [2.75, 3.05) is 33.2 Å². The average molecular weight is 239 g/mol. The molecule has 3 heteroatoms. The van der Waals surface area contributed by atoms with Gasteiger partial charge in [-0.05, 0) is 58.3 Å². The van der Waals surface area contributed by atoms with Gasteiger partial charge in [-0.15, -0.1) is 0 Å². The summed E-state index contributed by atoms with van der Waals surface area (Å²) in [6.45, 7) is 6.96. The maximum Gasteiger partial charge on any atom is 0.0223 e. The first-order valence-electron chi connectivity index (χ1n) is 7.39. The van der Waals surface area contributed by atoms with Crippen LogP contribution >= 0.6 is 0 Å². The minimum absolute atomic E-state index is 0.730. The Labute approximate surface area is 106 Å². The Morgan fingerprint density at radius 3 is 2.71 bits per heavy atom. The lowest BCUT2D eigenvalue weighted by molar-refractivity contribution is 0.210. The van der Waals surface area contributed by atoms with Crippen LogP contribution in [-0.4, -0.2) is 55.1 Å². The predicted octanol–water partition coefficient (Wildman–Crippen LogP) is 1.53. The number of nitrogens with zero attached hydrogens (tertiary/aromatic N) is 2. The lowest BCUT2D eigenvalue weighted by atomic mass is 10.0. The van der Waals surface area contributed by atoms with Gasteiger partial charge in [-0.1, -0.05) is 13.3 Å². The van der Waals surface area contributed by atoms with Crippen LogP contribution in [0.2, 0.25) is 0 Å². The van der Waals surface area contributed by atoms with Crippen molar-refractivity contribution in [3.63, 3.8) is 0 Å². The Bertz CT molecular complexity index is 228. The number of rotatable bonds is 5. The summed E-state index contributed by atoms with van der Waals surface area (Å²) < 4.78 is 0. The van der Waals surface area contributed by atoms with Gasteiger partial charge in [0.2, 0.25) is 0 Å². The molecule has 2 aliphatic rings. The van der Waals surface area contributed by atoms with Crippen LogP contribution in [0, 0.1) is 5.92 Å². The lowest BCUT2D eigenvalue weighted by Crippen LogP contribution is -2.37. The number of likely N-dealkylation sites (N-methyl/N-ethyl adjacent to an activating group) is 1. The molecule has 0 saturated carbocycles. The van der Waals surface area contributed by atoms with E-state index in [1.54, 1.807) is 0 Å². The van der Waals surface area contributed by atoms with Crippen LogP contribution in [0.1, 0.15) is 39.0 Å². The van der Waals surface area contributed by atoms with Crippen molar-refractivity contribution in [1.29, 1.82) is 0 Å². The highest BCUT2D eigenvalue weighted by Gasteiger charge is 2.34. The molecular weight excluding hydrogens is 210 g/mol. The summed E-state index contributed by atoms with van der Waals surface area (Å²) in [5, 5.41) is 0. The maximum absolute atomic E-state index is 5.79. The van der Waals surface area contributed by atoms with Crippen molar-refractivity contribution in [3.8, 4) is 0 Å². The Morgan fingerprint density at radius 2 is 2.00 bits per heavy atom. The van der Waals surface area contributed by atoms with Crippen molar-refractivity contribution >= 4 is 0 Å². The van der Waals surface area contributed by atoms with E-state index in [2.05, 4.69) is 23.8 Å². The van der Waals surface area contributed by atoms with E-state index >= 15 is 0 Å². The summed E-state index contributed by atoms with van der Waals surface area (Å²) >= 11 is 0. The van der Waals surface area contributed by atoms with E-state index in [1.807, 2.05) is 0 Å². The fraction of sp³-hybridized carbons (Fsp3) is 1.00. The molecule has 2 bridgehead atoms. The van der Waals surface area contributed by atoms with Crippen LogP contribution in [0.5, 0.6) is 0 Å². The zero-order chi connectivity index (χ0) is 12.3. The van der Waals surface area contributed by atoms with Crippen molar-refractivity contribution < 1.29 is 0 Å². The topological polar surface area (TPSA) is 32.5 Å². The summed E-state index contributed by atoms with van der Waals surface area (Å²) in [4.78, 5) is 5.30. The van der Waals surface area contributed by atoms with Gasteiger partial charge in [0.05, 0.1) is 0 Å². The van der Waals surface area contributed by atoms with E-state index in [-0.39, 0.29) is 0 Å². The molecule has 3 atom stereocenters. The first-order chi connectivity index (χ1) is 8.24. The van der Waals surface area contributed by atoms with E-state index < -0.39 is 0 Å². The van der Waals surface area contributed by atoms with Crippen molar-refractivity contribution in [3.05, 3.63) is 0 Å². The molecule has 2 saturated heterocycles. The molecule has 100 valence electrons. The van der Waals surface area contributed by atoms with E-state index in [0.717, 1.165) is 24.5 Å². The quantitative estimate of drug-likeness (QED) is 0.790. The van der Waals surface area contributed by atoms with E-state index in [0.29, 0.717) is 0 Å². The highest BCUT2D eigenvalue weighted by molar-refractivity contribution is 4.91. The van der Waals surface area contributed by atoms with Crippen LogP contribution in [0.4, 0.5) is 0 Å². The molecule has 17 heavy (non-hydrogen) atoms. The van der Waals surface area contributed by atoms with Crippen molar-refractivity contribution in [2.24, 2.45) is 11.7 Å². The van der Waals surface area contributed by atoms with Gasteiger partial charge in [-0.25, -0.2) is 0 Å². The zero-order valence-electron chi connectivity index (χ0n) is 11.6. The van der Waals surface area contributed by atoms with Gasteiger partial charge in [0.25, 0.3) is 0 Å². The molecule has 2 N–H and O–H groups in total. The number of fused-ring (bicyclic) bond motifs is 2. The highest BCUT2D eigenvalue weighted by Crippen LogP contribution is 2.28. The number of likely N-dealkylation sites (tertiary alicyclic amines) is 1. The number of hydrogen-bond acceptors (Lipinski definition) is 3. The lowest BCUT2D eigenvalue weighted by Gasteiger charge is -2.26. The van der Waals surface area contributed by atoms with E-state index in [4.69, 9.17) is 5.73 Å². The third-order valence-electron chi connectivity index (χ3n) is 5.00. The first-order valence-corrected chi connectivity index (χ1v) is 7.39. The van der Waals surface area contributed by atoms with Gasteiger partial charge in [-0.3, -0.25) is 4.90 Å². The molecule has 0 amide bonds. The van der Waals surface area contributed by atoms with Crippen LogP contribution in [0.15, 0.2) is 0 Å². The van der Waals surface area contributed by atoms with Crippen molar-refractivity contribution in [2.45, 2.75) is 51.1 Å². The second kappa shape index (κ2) is 6.17. The molecule has 2 heterocycles. The summed E-state index contributed by atoms with van der Waals surface area (Å²) in [6.07, 6.45) is 6.72. The van der Waals surface area contributed by atoms with Gasteiger partial charge < -0.3 is 10.6 Å². The monoisotopic (exact) mass is 239 g/mol. The second-order valence-electron chi connectivity index (χ2n) is 5.94. The molecular formula is C14H29N3. The molecule has 0 aromatic rings. The van der Waals surface area contributed by atoms with Crippen LogP contribution in [0.3, 0.4) is 0 Å². The zero-order valence-corrected chi connectivity index (χ0v) is 11.6. The predicted molar refractivity (Wildman–Crippen MR) is 73.1 cm³/mol. The normalized spacial score (nSPS) is 32.6. The largest absolute Gasteiger partial charge is 0.330 e. The minimum atomic E-state index is 0.730. The molecule has 3 nitrogen and oxygen atoms in total. The number of hydrogen-bond donors (Lipinski definition) is 1.